The predicted molar refractivity (Wildman–Crippen MR) is 82.5 cm³/mol. The SMILES string of the molecule is Clc1cc(Cl)nc(C2CN(Cc3ccccc3)CCO2)n1. The first-order valence-electron chi connectivity index (χ1n) is 6.78. The van der Waals surface area contributed by atoms with Crippen LogP contribution in [0.15, 0.2) is 36.4 Å². The Kier molecular flexibility index (Phi) is 4.70. The Morgan fingerprint density at radius 3 is 2.57 bits per heavy atom. The van der Waals surface area contributed by atoms with Gasteiger partial charge >= 0.3 is 0 Å². The standard InChI is InChI=1S/C15H15Cl2N3O/c16-13-8-14(17)19-15(18-13)12-10-20(6-7-21-12)9-11-4-2-1-3-5-11/h1-5,8,12H,6-7,9-10H2. The number of morpholine rings is 1. The molecule has 110 valence electrons. The van der Waals surface area contributed by atoms with E-state index in [1.165, 1.54) is 11.6 Å². The fourth-order valence-corrected chi connectivity index (χ4v) is 2.83. The van der Waals surface area contributed by atoms with Gasteiger partial charge in [-0.25, -0.2) is 9.97 Å². The number of benzene rings is 1. The molecule has 1 aromatic carbocycles. The molecule has 0 bridgehead atoms. The highest BCUT2D eigenvalue weighted by Gasteiger charge is 2.24. The summed E-state index contributed by atoms with van der Waals surface area (Å²) in [5.41, 5.74) is 1.28. The van der Waals surface area contributed by atoms with Crippen LogP contribution in [-0.2, 0) is 11.3 Å². The van der Waals surface area contributed by atoms with Gasteiger partial charge in [0.25, 0.3) is 0 Å². The summed E-state index contributed by atoms with van der Waals surface area (Å²) in [4.78, 5) is 10.8. The van der Waals surface area contributed by atoms with Crippen molar-refractivity contribution in [2.24, 2.45) is 0 Å². The van der Waals surface area contributed by atoms with Crippen molar-refractivity contribution in [2.75, 3.05) is 19.7 Å². The number of nitrogens with zero attached hydrogens (tertiary/aromatic N) is 3. The lowest BCUT2D eigenvalue weighted by Crippen LogP contribution is -2.38. The van der Waals surface area contributed by atoms with E-state index in [0.717, 1.165) is 19.6 Å². The number of hydrogen-bond donors (Lipinski definition) is 0. The Labute approximate surface area is 133 Å². The van der Waals surface area contributed by atoms with Crippen LogP contribution in [0.2, 0.25) is 10.3 Å². The zero-order chi connectivity index (χ0) is 14.7. The highest BCUT2D eigenvalue weighted by Crippen LogP contribution is 2.23. The van der Waals surface area contributed by atoms with Gasteiger partial charge in [-0.1, -0.05) is 53.5 Å². The maximum absolute atomic E-state index is 5.93. The van der Waals surface area contributed by atoms with Crippen LogP contribution in [0, 0.1) is 0 Å². The molecule has 1 saturated heterocycles. The van der Waals surface area contributed by atoms with E-state index in [4.69, 9.17) is 27.9 Å². The van der Waals surface area contributed by atoms with Crippen molar-refractivity contribution in [3.63, 3.8) is 0 Å². The second kappa shape index (κ2) is 6.71. The average molecular weight is 324 g/mol. The van der Waals surface area contributed by atoms with Gasteiger partial charge in [-0.3, -0.25) is 4.90 Å². The Morgan fingerprint density at radius 2 is 1.86 bits per heavy atom. The van der Waals surface area contributed by atoms with Gasteiger partial charge in [0.1, 0.15) is 16.4 Å². The van der Waals surface area contributed by atoms with E-state index in [1.807, 2.05) is 18.2 Å². The highest BCUT2D eigenvalue weighted by atomic mass is 35.5. The number of hydrogen-bond acceptors (Lipinski definition) is 4. The van der Waals surface area contributed by atoms with Crippen LogP contribution in [0.5, 0.6) is 0 Å². The minimum atomic E-state index is -0.196. The van der Waals surface area contributed by atoms with Crippen LogP contribution in [0.1, 0.15) is 17.5 Å². The van der Waals surface area contributed by atoms with Gasteiger partial charge in [-0.2, -0.15) is 0 Å². The quantitative estimate of drug-likeness (QED) is 0.812. The summed E-state index contributed by atoms with van der Waals surface area (Å²) in [6.07, 6.45) is -0.196. The largest absolute Gasteiger partial charge is 0.368 e. The summed E-state index contributed by atoms with van der Waals surface area (Å²) in [6.45, 7) is 3.14. The molecule has 6 heteroatoms. The normalized spacial score (nSPS) is 19.6. The molecule has 1 aliphatic heterocycles. The number of ether oxygens (including phenoxy) is 1. The summed E-state index contributed by atoms with van der Waals surface area (Å²) in [7, 11) is 0. The van der Waals surface area contributed by atoms with E-state index >= 15 is 0 Å². The van der Waals surface area contributed by atoms with Crippen molar-refractivity contribution in [1.82, 2.24) is 14.9 Å². The van der Waals surface area contributed by atoms with Crippen LogP contribution in [-0.4, -0.2) is 34.6 Å². The van der Waals surface area contributed by atoms with Crippen LogP contribution < -0.4 is 0 Å². The molecule has 21 heavy (non-hydrogen) atoms. The van der Waals surface area contributed by atoms with Crippen molar-refractivity contribution < 1.29 is 4.74 Å². The minimum absolute atomic E-state index is 0.196. The molecule has 1 aliphatic rings. The summed E-state index contributed by atoms with van der Waals surface area (Å²) < 4.78 is 5.76. The van der Waals surface area contributed by atoms with Gasteiger partial charge in [0.05, 0.1) is 6.61 Å². The van der Waals surface area contributed by atoms with Crippen molar-refractivity contribution >= 4 is 23.2 Å². The monoisotopic (exact) mass is 323 g/mol. The van der Waals surface area contributed by atoms with Gasteiger partial charge in [0.15, 0.2) is 5.82 Å². The Balaban J connectivity index is 1.70. The van der Waals surface area contributed by atoms with Gasteiger partial charge in [0, 0.05) is 25.7 Å². The average Bonchev–Trinajstić information content (AvgIpc) is 2.47. The van der Waals surface area contributed by atoms with E-state index in [0.29, 0.717) is 22.7 Å². The van der Waals surface area contributed by atoms with Gasteiger partial charge in [-0.05, 0) is 5.56 Å². The molecule has 0 radical (unpaired) electrons. The first-order chi connectivity index (χ1) is 10.2. The third-order valence-corrected chi connectivity index (χ3v) is 3.76. The number of aromatic nitrogens is 2. The smallest absolute Gasteiger partial charge is 0.161 e. The second-order valence-corrected chi connectivity index (χ2v) is 5.73. The van der Waals surface area contributed by atoms with Crippen LogP contribution in [0.4, 0.5) is 0 Å². The fourth-order valence-electron chi connectivity index (χ4n) is 2.39. The summed E-state index contributed by atoms with van der Waals surface area (Å²) in [6, 6.07) is 11.9. The fraction of sp³-hybridized carbons (Fsp3) is 0.333. The van der Waals surface area contributed by atoms with E-state index in [2.05, 4.69) is 27.0 Å². The Morgan fingerprint density at radius 1 is 1.14 bits per heavy atom. The Bertz CT molecular complexity index is 589. The summed E-state index contributed by atoms with van der Waals surface area (Å²) in [5.74, 6) is 0.547. The second-order valence-electron chi connectivity index (χ2n) is 4.95. The molecule has 0 N–H and O–H groups in total. The van der Waals surface area contributed by atoms with Crippen LogP contribution in [0.25, 0.3) is 0 Å². The molecular formula is C15H15Cl2N3O. The summed E-state index contributed by atoms with van der Waals surface area (Å²) >= 11 is 11.9. The zero-order valence-corrected chi connectivity index (χ0v) is 12.9. The molecule has 0 spiro atoms. The first-order valence-corrected chi connectivity index (χ1v) is 7.54. The van der Waals surface area contributed by atoms with E-state index < -0.39 is 0 Å². The van der Waals surface area contributed by atoms with E-state index in [1.54, 1.807) is 0 Å². The molecular weight excluding hydrogens is 309 g/mol. The maximum atomic E-state index is 5.93. The van der Waals surface area contributed by atoms with E-state index in [-0.39, 0.29) is 6.10 Å². The van der Waals surface area contributed by atoms with Crippen molar-refractivity contribution in [2.45, 2.75) is 12.6 Å². The first kappa shape index (κ1) is 14.7. The zero-order valence-electron chi connectivity index (χ0n) is 11.4. The van der Waals surface area contributed by atoms with Gasteiger partial charge < -0.3 is 4.74 Å². The van der Waals surface area contributed by atoms with Crippen LogP contribution in [0.3, 0.4) is 0 Å². The van der Waals surface area contributed by atoms with Crippen molar-refractivity contribution in [3.05, 3.63) is 58.1 Å². The Hall–Kier alpha value is -1.20. The molecule has 1 fully saturated rings. The highest BCUT2D eigenvalue weighted by molar-refractivity contribution is 6.33. The molecule has 0 amide bonds. The summed E-state index contributed by atoms with van der Waals surface area (Å²) in [5, 5.41) is 0.683. The van der Waals surface area contributed by atoms with Crippen LogP contribution >= 0.6 is 23.2 Å². The predicted octanol–water partition coefficient (Wildman–Crippen LogP) is 3.36. The third-order valence-electron chi connectivity index (χ3n) is 3.37. The van der Waals surface area contributed by atoms with Crippen molar-refractivity contribution in [3.8, 4) is 0 Å². The van der Waals surface area contributed by atoms with Gasteiger partial charge in [-0.15, -0.1) is 0 Å². The van der Waals surface area contributed by atoms with Gasteiger partial charge in [0.2, 0.25) is 0 Å². The molecule has 0 aliphatic carbocycles. The molecule has 1 unspecified atom stereocenters. The molecule has 2 aromatic rings. The molecule has 4 nitrogen and oxygen atoms in total. The maximum Gasteiger partial charge on any atom is 0.161 e. The molecule has 2 heterocycles. The molecule has 1 aromatic heterocycles. The molecule has 0 saturated carbocycles. The minimum Gasteiger partial charge on any atom is -0.368 e. The lowest BCUT2D eigenvalue weighted by Gasteiger charge is -2.32. The van der Waals surface area contributed by atoms with E-state index in [9.17, 15) is 0 Å². The lowest BCUT2D eigenvalue weighted by atomic mass is 10.2. The molecule has 1 atom stereocenters. The third kappa shape index (κ3) is 3.92. The number of halogens is 2. The topological polar surface area (TPSA) is 38.2 Å². The lowest BCUT2D eigenvalue weighted by molar-refractivity contribution is -0.0372. The molecule has 3 rings (SSSR count). The number of rotatable bonds is 3. The van der Waals surface area contributed by atoms with Crippen molar-refractivity contribution in [1.29, 1.82) is 0 Å².